The first-order chi connectivity index (χ1) is 48.3. The number of phenols is 1. The largest absolute Gasteiger partial charge is 0.508 e. The number of benzene rings is 3. The van der Waals surface area contributed by atoms with Gasteiger partial charge in [-0.3, -0.25) is 78.1 Å². The fraction of sp³-hybridized carbons (Fsp3) is 0.530. The van der Waals surface area contributed by atoms with Crippen molar-refractivity contribution in [3.05, 3.63) is 102 Å². The summed E-state index contributed by atoms with van der Waals surface area (Å²) in [5.74, 6) is -12.0. The van der Waals surface area contributed by atoms with Gasteiger partial charge in [-0.15, -0.1) is 0 Å². The predicted molar refractivity (Wildman–Crippen MR) is 373 cm³/mol. The number of carbonyl (C=O) groups is 11. The molecule has 6 rings (SSSR count). The number of carbonyl (C=O) groups excluding carboxylic acids is 8. The molecule has 0 radical (unpaired) electrons. The van der Waals surface area contributed by atoms with E-state index >= 15 is 9.59 Å². The van der Waals surface area contributed by atoms with Gasteiger partial charge in [0.15, 0.2) is 11.8 Å². The van der Waals surface area contributed by atoms with E-state index in [1.54, 1.807) is 63.4 Å². The molecular formula is C66H94N14O19S2. The number of amides is 7. The summed E-state index contributed by atoms with van der Waals surface area (Å²) in [4.78, 5) is 168. The number of nitrogens with two attached hydrogens (primary N) is 1. The van der Waals surface area contributed by atoms with Crippen LogP contribution in [0.25, 0.3) is 10.9 Å². The minimum absolute atomic E-state index is 0.0352. The Bertz CT molecular complexity index is 3390. The van der Waals surface area contributed by atoms with Gasteiger partial charge in [-0.25, -0.2) is 9.68 Å². The maximum absolute atomic E-state index is 15.2. The third-order valence-electron chi connectivity index (χ3n) is 17.0. The van der Waals surface area contributed by atoms with E-state index in [0.717, 1.165) is 39.4 Å². The summed E-state index contributed by atoms with van der Waals surface area (Å²) in [5, 5.41) is 92.5. The van der Waals surface area contributed by atoms with Crippen LogP contribution in [-0.2, 0) is 76.9 Å². The maximum Gasteiger partial charge on any atom is 0.328 e. The molecule has 2 saturated heterocycles. The Labute approximate surface area is 591 Å². The zero-order valence-corrected chi connectivity index (χ0v) is 58.0. The van der Waals surface area contributed by atoms with Gasteiger partial charge in [0, 0.05) is 93.9 Å². The molecule has 10 atom stereocenters. The number of rotatable bonds is 27. The smallest absolute Gasteiger partial charge is 0.328 e. The number of nitrogens with zero attached hydrogens (tertiary/aromatic N) is 4. The SMILES string of the molecule is C[C@@H](O)[C@H](NC(=O)[C@@H]1CSSC[C@H](NC(=O)[C@H](Cc2ccccc2)NC(=O)CN2CCN(CCOO)CCN(CC(=O)O)CCN(CC(=O)O)CC2)C(=O)N[C@H](Cc2ccc(O)cc2)C(=O)CN[C@@H](Cc2c[nH]c3ccccc23)C(=O)N[C@H](CCCCN)C(=O)N[C@H]([C@@H](C)O)C(=O)N1)C(=O)O. The third-order valence-corrected chi connectivity index (χ3v) is 19.4. The quantitative estimate of drug-likeness (QED) is 0.0123. The van der Waals surface area contributed by atoms with Crippen molar-refractivity contribution < 1.29 is 93.5 Å². The molecular weight excluding hydrogens is 1360 g/mol. The van der Waals surface area contributed by atoms with Gasteiger partial charge in [-0.1, -0.05) is 82.3 Å². The molecule has 101 heavy (non-hydrogen) atoms. The average molecular weight is 1450 g/mol. The zero-order valence-electron chi connectivity index (χ0n) is 56.3. The second kappa shape index (κ2) is 42.2. The van der Waals surface area contributed by atoms with Crippen LogP contribution >= 0.6 is 21.6 Å². The Morgan fingerprint density at radius 3 is 1.85 bits per heavy atom. The lowest BCUT2D eigenvalue weighted by Crippen LogP contribution is -2.62. The van der Waals surface area contributed by atoms with Crippen LogP contribution in [0.1, 0.15) is 49.8 Å². The number of aromatic nitrogens is 1. The summed E-state index contributed by atoms with van der Waals surface area (Å²) < 4.78 is 0. The number of aliphatic hydroxyl groups is 2. The van der Waals surface area contributed by atoms with Crippen LogP contribution in [0.3, 0.4) is 0 Å². The van der Waals surface area contributed by atoms with Gasteiger partial charge in [0.05, 0.1) is 57.1 Å². The van der Waals surface area contributed by atoms with Crippen molar-refractivity contribution in [1.82, 2.24) is 67.1 Å². The van der Waals surface area contributed by atoms with Gasteiger partial charge in [0.1, 0.15) is 36.0 Å². The van der Waals surface area contributed by atoms with Crippen molar-refractivity contribution in [1.29, 1.82) is 0 Å². The molecule has 33 nitrogen and oxygen atoms in total. The van der Waals surface area contributed by atoms with E-state index in [0.29, 0.717) is 29.7 Å². The second-order valence-corrected chi connectivity index (χ2v) is 27.4. The first-order valence-electron chi connectivity index (χ1n) is 33.2. The summed E-state index contributed by atoms with van der Waals surface area (Å²) in [6, 6.07) is 8.92. The molecule has 2 fully saturated rings. The van der Waals surface area contributed by atoms with E-state index in [9.17, 15) is 79.0 Å². The van der Waals surface area contributed by atoms with Crippen molar-refractivity contribution in [2.24, 2.45) is 5.73 Å². The molecule has 0 bridgehead atoms. The van der Waals surface area contributed by atoms with Crippen molar-refractivity contribution in [2.75, 3.05) is 110 Å². The summed E-state index contributed by atoms with van der Waals surface area (Å²) in [5.41, 5.74) is 8.19. The number of ketones is 1. The number of Topliss-reactive ketones (excluding diaryl/α,β-unsaturated/α-hetero) is 1. The van der Waals surface area contributed by atoms with E-state index in [2.05, 4.69) is 52.4 Å². The number of carboxylic acid groups (broad SMARTS) is 3. The zero-order chi connectivity index (χ0) is 73.5. The van der Waals surface area contributed by atoms with Gasteiger partial charge in [0.25, 0.3) is 0 Å². The molecule has 3 heterocycles. The first kappa shape index (κ1) is 81.6. The lowest BCUT2D eigenvalue weighted by Gasteiger charge is -2.33. The summed E-state index contributed by atoms with van der Waals surface area (Å²) >= 11 is 0. The van der Waals surface area contributed by atoms with Crippen LogP contribution in [0.2, 0.25) is 0 Å². The lowest BCUT2D eigenvalue weighted by atomic mass is 10.00. The summed E-state index contributed by atoms with van der Waals surface area (Å²) in [6.45, 7) is 2.55. The maximum atomic E-state index is 15.2. The molecule has 18 N–H and O–H groups in total. The Morgan fingerprint density at radius 2 is 1.25 bits per heavy atom. The molecule has 35 heteroatoms. The predicted octanol–water partition coefficient (Wildman–Crippen LogP) is -2.93. The molecule has 0 aliphatic carbocycles. The molecule has 4 aromatic rings. The molecule has 1 aromatic heterocycles. The molecule has 0 spiro atoms. The van der Waals surface area contributed by atoms with Crippen LogP contribution < -0.4 is 48.3 Å². The van der Waals surface area contributed by atoms with Crippen LogP contribution in [0, 0.1) is 0 Å². The molecule has 2 aliphatic heterocycles. The number of unbranched alkanes of at least 4 members (excludes halogenated alkanes) is 1. The van der Waals surface area contributed by atoms with Gasteiger partial charge >= 0.3 is 17.9 Å². The highest BCUT2D eigenvalue weighted by molar-refractivity contribution is 8.76. The van der Waals surface area contributed by atoms with Crippen molar-refractivity contribution in [2.45, 2.75) is 113 Å². The monoisotopic (exact) mass is 1450 g/mol. The van der Waals surface area contributed by atoms with E-state index in [-0.39, 0.29) is 116 Å². The molecule has 554 valence electrons. The Hall–Kier alpha value is -8.33. The highest BCUT2D eigenvalue weighted by atomic mass is 33.1. The molecule has 3 aromatic carbocycles. The number of para-hydroxylation sites is 1. The van der Waals surface area contributed by atoms with Gasteiger partial charge in [0.2, 0.25) is 41.4 Å². The third kappa shape index (κ3) is 27.9. The number of aliphatic hydroxyl groups excluding tert-OH is 2. The number of hydrogen-bond donors (Lipinski definition) is 17. The number of fused-ring (bicyclic) bond motifs is 1. The van der Waals surface area contributed by atoms with Crippen LogP contribution in [0.15, 0.2) is 85.1 Å². The lowest BCUT2D eigenvalue weighted by molar-refractivity contribution is -0.244. The number of phenolic OH excluding ortho intramolecular Hbond substituents is 1. The first-order valence-corrected chi connectivity index (χ1v) is 35.7. The number of nitrogens with one attached hydrogen (secondary N) is 9. The number of aromatic hydroxyl groups is 1. The normalized spacial score (nSPS) is 22.0. The minimum Gasteiger partial charge on any atom is -0.508 e. The summed E-state index contributed by atoms with van der Waals surface area (Å²) in [7, 11) is 1.71. The number of aliphatic carboxylic acids is 3. The fourth-order valence-electron chi connectivity index (χ4n) is 11.3. The van der Waals surface area contributed by atoms with Crippen LogP contribution in [0.4, 0.5) is 0 Å². The van der Waals surface area contributed by atoms with Gasteiger partial charge in [-0.2, -0.15) is 0 Å². The van der Waals surface area contributed by atoms with Gasteiger partial charge < -0.3 is 78.6 Å². The average Bonchev–Trinajstić information content (AvgIpc) is 1.70. The van der Waals surface area contributed by atoms with Crippen LogP contribution in [0.5, 0.6) is 5.75 Å². The van der Waals surface area contributed by atoms with Crippen molar-refractivity contribution in [3.8, 4) is 5.75 Å². The van der Waals surface area contributed by atoms with Crippen molar-refractivity contribution >= 4 is 97.5 Å². The molecule has 7 amide bonds. The Morgan fingerprint density at radius 1 is 0.653 bits per heavy atom. The van der Waals surface area contributed by atoms with E-state index in [1.807, 2.05) is 17.0 Å². The molecule has 2 aliphatic rings. The number of hydrogen-bond acceptors (Lipinski definition) is 24. The number of H-pyrrole nitrogens is 1. The highest BCUT2D eigenvalue weighted by Gasteiger charge is 2.37. The minimum atomic E-state index is -1.90. The van der Waals surface area contributed by atoms with E-state index in [1.165, 1.54) is 31.2 Å². The van der Waals surface area contributed by atoms with E-state index in [4.69, 9.17) is 5.73 Å². The fourth-order valence-corrected chi connectivity index (χ4v) is 13.6. The summed E-state index contributed by atoms with van der Waals surface area (Å²) in [6.07, 6.45) is -1.44. The standard InChI is InChI=1S/C66H94N14O19S2/c1-40(81)58-65(95)74-53(64(94)76-59(41(2)82)66(96)97)39-101-100-38-52(73-62(92)51(31-42-10-4-3-5-11-42)70-55(85)35-78-22-20-77(28-29-99-98)21-23-79(36-56(86)87)26-27-80(25-24-78)37-57(88)89)63(93)72-49(30-43-15-17-45(83)18-16-43)54(84)34-69-50(32-44-33-68-47-13-7-6-12-46(44)47)61(91)71-48(60(90)75-58)14-8-9-19-67/h3-7,10-13,15-18,33,40-41,48-53,58-59,68-69,81-83,98H,8-9,14,19-32,34-39,67H2,1-2H3,(H,70,85)(H,71,91)(H,72,93)(H,73,92)(H,74,95)(H,75,90)(H,76,94)(H,86,87)(H,88,89)(H,96,97)/t40-,41-,48-,49-,50+,51+,52+,53+,58-,59+/m1/s1. The molecule has 0 unspecified atom stereocenters. The van der Waals surface area contributed by atoms with Gasteiger partial charge in [-0.05, 0) is 87.4 Å². The van der Waals surface area contributed by atoms with E-state index < -0.39 is 150 Å². The number of carboxylic acids is 3. The highest BCUT2D eigenvalue weighted by Crippen LogP contribution is 2.25. The van der Waals surface area contributed by atoms with Crippen molar-refractivity contribution in [3.63, 3.8) is 0 Å². The number of aromatic amines is 1. The Kier molecular flexibility index (Phi) is 34.1. The second-order valence-electron chi connectivity index (χ2n) is 24.8. The van der Waals surface area contributed by atoms with Crippen LogP contribution in [-0.4, -0.2) is 296 Å². The molecule has 0 saturated carbocycles. The topological polar surface area (TPSA) is 490 Å². The Balaban J connectivity index is 1.39.